The van der Waals surface area contributed by atoms with Crippen LogP contribution in [0.4, 0.5) is 0 Å². The standard InChI is InChI=1S/C19H34/c1-14-13-17(19(6,7)8)12-11-16(14)10-9-15(2)18(3,4)5/h17H,2,9-13H2,1,3-8H3. The van der Waals surface area contributed by atoms with Crippen molar-refractivity contribution < 1.29 is 0 Å². The predicted molar refractivity (Wildman–Crippen MR) is 87.3 cm³/mol. The molecule has 1 aliphatic carbocycles. The van der Waals surface area contributed by atoms with Gasteiger partial charge in [-0.15, -0.1) is 0 Å². The summed E-state index contributed by atoms with van der Waals surface area (Å²) in [5, 5.41) is 0. The molecule has 0 saturated carbocycles. The molecule has 0 aliphatic heterocycles. The Kier molecular flexibility index (Phi) is 5.09. The van der Waals surface area contributed by atoms with Crippen LogP contribution < -0.4 is 0 Å². The Balaban J connectivity index is 2.59. The van der Waals surface area contributed by atoms with Gasteiger partial charge in [0.05, 0.1) is 0 Å². The topological polar surface area (TPSA) is 0 Å². The third kappa shape index (κ3) is 4.82. The van der Waals surface area contributed by atoms with Crippen molar-refractivity contribution >= 4 is 0 Å². The molecule has 110 valence electrons. The summed E-state index contributed by atoms with van der Waals surface area (Å²) in [5.74, 6) is 0.863. The molecule has 0 N–H and O–H groups in total. The Labute approximate surface area is 121 Å². The highest BCUT2D eigenvalue weighted by atomic mass is 14.3. The minimum Gasteiger partial charge on any atom is -0.0993 e. The summed E-state index contributed by atoms with van der Waals surface area (Å²) >= 11 is 0. The predicted octanol–water partition coefficient (Wildman–Crippen LogP) is 6.53. The van der Waals surface area contributed by atoms with Gasteiger partial charge < -0.3 is 0 Å². The molecule has 0 heterocycles. The first-order chi connectivity index (χ1) is 8.51. The second-order valence-electron chi connectivity index (χ2n) is 8.54. The van der Waals surface area contributed by atoms with E-state index in [-0.39, 0.29) is 5.41 Å². The lowest BCUT2D eigenvalue weighted by atomic mass is 9.70. The van der Waals surface area contributed by atoms with E-state index in [2.05, 4.69) is 55.0 Å². The van der Waals surface area contributed by atoms with Gasteiger partial charge in [0.15, 0.2) is 0 Å². The third-order valence-electron chi connectivity index (χ3n) is 4.96. The molecule has 0 radical (unpaired) electrons. The maximum absolute atomic E-state index is 4.27. The maximum Gasteiger partial charge on any atom is -0.0176 e. The fourth-order valence-corrected chi connectivity index (χ4v) is 2.93. The summed E-state index contributed by atoms with van der Waals surface area (Å²) in [6.45, 7) is 20.6. The molecule has 0 fully saturated rings. The molecule has 0 amide bonds. The fourth-order valence-electron chi connectivity index (χ4n) is 2.93. The molecular formula is C19H34. The molecule has 0 aromatic rings. The molecule has 0 saturated heterocycles. The van der Waals surface area contributed by atoms with Gasteiger partial charge in [0, 0.05) is 0 Å². The average Bonchev–Trinajstić information content (AvgIpc) is 2.24. The van der Waals surface area contributed by atoms with Crippen LogP contribution in [0, 0.1) is 16.7 Å². The average molecular weight is 262 g/mol. The van der Waals surface area contributed by atoms with E-state index < -0.39 is 0 Å². The monoisotopic (exact) mass is 262 g/mol. The first-order valence-electron chi connectivity index (χ1n) is 7.87. The quantitative estimate of drug-likeness (QED) is 0.507. The molecule has 1 atom stereocenters. The summed E-state index contributed by atoms with van der Waals surface area (Å²) < 4.78 is 0. The fraction of sp³-hybridized carbons (Fsp3) is 0.789. The van der Waals surface area contributed by atoms with Gasteiger partial charge in [-0.05, 0) is 55.8 Å². The van der Waals surface area contributed by atoms with Gasteiger partial charge in [-0.25, -0.2) is 0 Å². The Morgan fingerprint density at radius 2 is 1.74 bits per heavy atom. The molecule has 0 aromatic heterocycles. The Morgan fingerprint density at radius 1 is 1.16 bits per heavy atom. The third-order valence-corrected chi connectivity index (χ3v) is 4.96. The lowest BCUT2D eigenvalue weighted by Gasteiger charge is -2.36. The minimum atomic E-state index is 0.261. The van der Waals surface area contributed by atoms with Crippen LogP contribution in [0.1, 0.15) is 80.6 Å². The van der Waals surface area contributed by atoms with Gasteiger partial charge in [-0.3, -0.25) is 0 Å². The number of hydrogen-bond donors (Lipinski definition) is 0. The van der Waals surface area contributed by atoms with Gasteiger partial charge in [0.25, 0.3) is 0 Å². The molecule has 1 unspecified atom stereocenters. The summed E-state index contributed by atoms with van der Waals surface area (Å²) in [6.07, 6.45) is 6.39. The molecular weight excluding hydrogens is 228 g/mol. The van der Waals surface area contributed by atoms with E-state index in [9.17, 15) is 0 Å². The maximum atomic E-state index is 4.27. The van der Waals surface area contributed by atoms with Crippen LogP contribution in [0.15, 0.2) is 23.3 Å². The van der Waals surface area contributed by atoms with Crippen LogP contribution in [-0.4, -0.2) is 0 Å². The molecule has 1 rings (SSSR count). The highest BCUT2D eigenvalue weighted by Crippen LogP contribution is 2.41. The van der Waals surface area contributed by atoms with E-state index in [1.54, 1.807) is 11.1 Å². The van der Waals surface area contributed by atoms with Crippen molar-refractivity contribution in [1.82, 2.24) is 0 Å². The van der Waals surface area contributed by atoms with Crippen molar-refractivity contribution in [3.63, 3.8) is 0 Å². The van der Waals surface area contributed by atoms with Crippen LogP contribution in [0.3, 0.4) is 0 Å². The van der Waals surface area contributed by atoms with E-state index in [0.29, 0.717) is 5.41 Å². The van der Waals surface area contributed by atoms with Crippen LogP contribution in [-0.2, 0) is 0 Å². The molecule has 19 heavy (non-hydrogen) atoms. The second kappa shape index (κ2) is 5.85. The largest absolute Gasteiger partial charge is 0.0993 e. The second-order valence-corrected chi connectivity index (χ2v) is 8.54. The van der Waals surface area contributed by atoms with Crippen LogP contribution >= 0.6 is 0 Å². The van der Waals surface area contributed by atoms with E-state index >= 15 is 0 Å². The highest BCUT2D eigenvalue weighted by molar-refractivity contribution is 5.19. The Morgan fingerprint density at radius 3 is 2.16 bits per heavy atom. The van der Waals surface area contributed by atoms with Gasteiger partial charge in [-0.2, -0.15) is 0 Å². The van der Waals surface area contributed by atoms with Crippen molar-refractivity contribution in [3.05, 3.63) is 23.3 Å². The first-order valence-corrected chi connectivity index (χ1v) is 7.87. The van der Waals surface area contributed by atoms with E-state index in [4.69, 9.17) is 0 Å². The Hall–Kier alpha value is -0.520. The van der Waals surface area contributed by atoms with Crippen molar-refractivity contribution in [1.29, 1.82) is 0 Å². The number of allylic oxidation sites excluding steroid dienone is 3. The molecule has 0 aromatic carbocycles. The molecule has 0 heteroatoms. The summed E-state index contributed by atoms with van der Waals surface area (Å²) in [6, 6.07) is 0. The summed E-state index contributed by atoms with van der Waals surface area (Å²) in [7, 11) is 0. The molecule has 0 nitrogen and oxygen atoms in total. The number of hydrogen-bond acceptors (Lipinski definition) is 0. The molecule has 0 bridgehead atoms. The molecule has 0 spiro atoms. The zero-order valence-electron chi connectivity index (χ0n) is 14.3. The highest BCUT2D eigenvalue weighted by Gasteiger charge is 2.28. The minimum absolute atomic E-state index is 0.261. The van der Waals surface area contributed by atoms with Crippen molar-refractivity contribution in [2.24, 2.45) is 16.7 Å². The molecule has 1 aliphatic rings. The van der Waals surface area contributed by atoms with Crippen molar-refractivity contribution in [2.75, 3.05) is 0 Å². The summed E-state index contributed by atoms with van der Waals surface area (Å²) in [4.78, 5) is 0. The number of rotatable bonds is 3. The van der Waals surface area contributed by atoms with Gasteiger partial charge in [0.1, 0.15) is 0 Å². The van der Waals surface area contributed by atoms with Crippen molar-refractivity contribution in [2.45, 2.75) is 80.6 Å². The zero-order valence-corrected chi connectivity index (χ0v) is 14.3. The zero-order chi connectivity index (χ0) is 14.8. The first kappa shape index (κ1) is 16.5. The smallest absolute Gasteiger partial charge is 0.0176 e. The summed E-state index contributed by atoms with van der Waals surface area (Å²) in [5.41, 5.74) is 5.49. The van der Waals surface area contributed by atoms with Gasteiger partial charge in [-0.1, -0.05) is 64.8 Å². The normalized spacial score (nSPS) is 21.7. The van der Waals surface area contributed by atoms with Crippen LogP contribution in [0.5, 0.6) is 0 Å². The Bertz CT molecular complexity index is 354. The lowest BCUT2D eigenvalue weighted by molar-refractivity contribution is 0.214. The van der Waals surface area contributed by atoms with E-state index in [1.165, 1.54) is 31.3 Å². The van der Waals surface area contributed by atoms with Gasteiger partial charge >= 0.3 is 0 Å². The van der Waals surface area contributed by atoms with E-state index in [0.717, 1.165) is 12.3 Å². The van der Waals surface area contributed by atoms with E-state index in [1.807, 2.05) is 0 Å². The van der Waals surface area contributed by atoms with Crippen molar-refractivity contribution in [3.8, 4) is 0 Å². The van der Waals surface area contributed by atoms with Crippen LogP contribution in [0.25, 0.3) is 0 Å². The van der Waals surface area contributed by atoms with Crippen LogP contribution in [0.2, 0.25) is 0 Å². The lowest BCUT2D eigenvalue weighted by Crippen LogP contribution is -2.24. The van der Waals surface area contributed by atoms with Gasteiger partial charge in [0.2, 0.25) is 0 Å². The SMILES string of the molecule is C=C(CCC1=C(C)CC(C(C)(C)C)CC1)C(C)(C)C.